The minimum Gasteiger partial charge on any atom is -0.466 e. The van der Waals surface area contributed by atoms with E-state index in [1.165, 1.54) is 38.8 Å². The predicted molar refractivity (Wildman–Crippen MR) is 70.0 cm³/mol. The van der Waals surface area contributed by atoms with Crippen LogP contribution in [-0.2, 0) is 9.53 Å². The van der Waals surface area contributed by atoms with Gasteiger partial charge in [-0.05, 0) is 52.1 Å². The highest BCUT2D eigenvalue weighted by atomic mass is 16.5. The molecule has 1 aliphatic rings. The zero-order valence-electron chi connectivity index (χ0n) is 11.4. The second kappa shape index (κ2) is 8.51. The zero-order chi connectivity index (χ0) is 12.5. The van der Waals surface area contributed by atoms with E-state index in [-0.39, 0.29) is 5.97 Å². The molecule has 3 nitrogen and oxygen atoms in total. The average Bonchev–Trinajstić information content (AvgIpc) is 3.11. The zero-order valence-corrected chi connectivity index (χ0v) is 11.4. The summed E-state index contributed by atoms with van der Waals surface area (Å²) in [5.74, 6) is -0.0416. The molecule has 1 aliphatic carbocycles. The van der Waals surface area contributed by atoms with Crippen LogP contribution < -0.4 is 0 Å². The lowest BCUT2D eigenvalue weighted by Crippen LogP contribution is -2.27. The number of carbonyl (C=O) groups is 1. The Labute approximate surface area is 106 Å². The highest BCUT2D eigenvalue weighted by Gasteiger charge is 2.27. The van der Waals surface area contributed by atoms with Crippen LogP contribution in [0.25, 0.3) is 0 Å². The summed E-state index contributed by atoms with van der Waals surface area (Å²) < 4.78 is 4.91. The first-order valence-corrected chi connectivity index (χ1v) is 7.17. The molecule has 0 aromatic heterocycles. The maximum absolute atomic E-state index is 11.1. The first-order chi connectivity index (χ1) is 8.27. The highest BCUT2D eigenvalue weighted by molar-refractivity contribution is 5.69. The third-order valence-corrected chi connectivity index (χ3v) is 3.21. The first kappa shape index (κ1) is 14.5. The van der Waals surface area contributed by atoms with Crippen molar-refractivity contribution in [2.24, 2.45) is 0 Å². The van der Waals surface area contributed by atoms with Gasteiger partial charge in [-0.15, -0.1) is 0 Å². The van der Waals surface area contributed by atoms with E-state index in [2.05, 4.69) is 11.8 Å². The molecule has 0 spiro atoms. The van der Waals surface area contributed by atoms with Gasteiger partial charge >= 0.3 is 5.97 Å². The van der Waals surface area contributed by atoms with Crippen molar-refractivity contribution >= 4 is 5.97 Å². The quantitative estimate of drug-likeness (QED) is 0.435. The van der Waals surface area contributed by atoms with E-state index < -0.39 is 0 Å². The second-order valence-corrected chi connectivity index (χ2v) is 4.88. The van der Waals surface area contributed by atoms with Crippen LogP contribution >= 0.6 is 0 Å². The molecule has 1 saturated carbocycles. The normalized spacial score (nSPS) is 15.2. The molecule has 0 unspecified atom stereocenters. The lowest BCUT2D eigenvalue weighted by molar-refractivity contribution is -0.143. The number of unbranched alkanes of at least 4 members (excludes halogenated alkanes) is 2. The second-order valence-electron chi connectivity index (χ2n) is 4.88. The fraction of sp³-hybridized carbons (Fsp3) is 0.929. The maximum Gasteiger partial charge on any atom is 0.305 e. The summed E-state index contributed by atoms with van der Waals surface area (Å²) in [6.45, 7) is 7.06. The van der Waals surface area contributed by atoms with Crippen molar-refractivity contribution < 1.29 is 9.53 Å². The van der Waals surface area contributed by atoms with Gasteiger partial charge in [0.25, 0.3) is 0 Å². The summed E-state index contributed by atoms with van der Waals surface area (Å²) in [4.78, 5) is 13.7. The number of rotatable bonds is 10. The van der Waals surface area contributed by atoms with Gasteiger partial charge in [-0.25, -0.2) is 0 Å². The van der Waals surface area contributed by atoms with Crippen LogP contribution in [0.4, 0.5) is 0 Å². The minimum absolute atomic E-state index is 0.0416. The number of hydrogen-bond donors (Lipinski definition) is 0. The number of hydrogen-bond acceptors (Lipinski definition) is 3. The molecule has 0 aromatic rings. The molecule has 0 bridgehead atoms. The first-order valence-electron chi connectivity index (χ1n) is 7.17. The van der Waals surface area contributed by atoms with E-state index in [9.17, 15) is 4.79 Å². The molecule has 100 valence electrons. The summed E-state index contributed by atoms with van der Waals surface area (Å²) in [6.07, 6.45) is 7.96. The van der Waals surface area contributed by atoms with Gasteiger partial charge in [0.1, 0.15) is 0 Å². The van der Waals surface area contributed by atoms with E-state index >= 15 is 0 Å². The van der Waals surface area contributed by atoms with Crippen LogP contribution in [0, 0.1) is 0 Å². The van der Waals surface area contributed by atoms with Gasteiger partial charge in [-0.2, -0.15) is 0 Å². The lowest BCUT2D eigenvalue weighted by Gasteiger charge is -2.20. The van der Waals surface area contributed by atoms with Gasteiger partial charge < -0.3 is 9.64 Å². The maximum atomic E-state index is 11.1. The SMILES string of the molecule is CCCN(CCCCCC(=O)OCC)C1CC1. The van der Waals surface area contributed by atoms with Crippen molar-refractivity contribution in [3.8, 4) is 0 Å². The van der Waals surface area contributed by atoms with Crippen molar-refractivity contribution in [1.82, 2.24) is 4.90 Å². The van der Waals surface area contributed by atoms with E-state index in [0.717, 1.165) is 18.9 Å². The van der Waals surface area contributed by atoms with Gasteiger partial charge in [0, 0.05) is 12.5 Å². The average molecular weight is 241 g/mol. The Balaban J connectivity index is 1.96. The molecular weight excluding hydrogens is 214 g/mol. The standard InChI is InChI=1S/C14H27NO2/c1-3-11-15(13-9-10-13)12-7-5-6-8-14(16)17-4-2/h13H,3-12H2,1-2H3. The van der Waals surface area contributed by atoms with Crippen molar-refractivity contribution in [1.29, 1.82) is 0 Å². The largest absolute Gasteiger partial charge is 0.466 e. The predicted octanol–water partition coefficient (Wildman–Crippen LogP) is 2.98. The Bertz CT molecular complexity index is 214. The Morgan fingerprint density at radius 3 is 2.53 bits per heavy atom. The topological polar surface area (TPSA) is 29.5 Å². The molecule has 0 N–H and O–H groups in total. The molecule has 0 radical (unpaired) electrons. The van der Waals surface area contributed by atoms with Crippen molar-refractivity contribution in [2.75, 3.05) is 19.7 Å². The summed E-state index contributed by atoms with van der Waals surface area (Å²) in [5, 5.41) is 0. The Kier molecular flexibility index (Phi) is 7.25. The molecule has 0 heterocycles. The van der Waals surface area contributed by atoms with Gasteiger partial charge in [-0.3, -0.25) is 4.79 Å². The van der Waals surface area contributed by atoms with Gasteiger partial charge in [0.05, 0.1) is 6.61 Å². The Morgan fingerprint density at radius 2 is 1.94 bits per heavy atom. The number of ether oxygens (including phenoxy) is 1. The summed E-state index contributed by atoms with van der Waals surface area (Å²) in [7, 11) is 0. The highest BCUT2D eigenvalue weighted by Crippen LogP contribution is 2.27. The molecule has 0 aromatic carbocycles. The van der Waals surface area contributed by atoms with Crippen LogP contribution in [0.5, 0.6) is 0 Å². The van der Waals surface area contributed by atoms with Gasteiger partial charge in [-0.1, -0.05) is 13.3 Å². The van der Waals surface area contributed by atoms with E-state index in [1.807, 2.05) is 6.92 Å². The van der Waals surface area contributed by atoms with Crippen molar-refractivity contribution in [3.05, 3.63) is 0 Å². The van der Waals surface area contributed by atoms with Crippen LogP contribution in [0.1, 0.15) is 58.8 Å². The third kappa shape index (κ3) is 6.67. The number of esters is 1. The monoisotopic (exact) mass is 241 g/mol. The Morgan fingerprint density at radius 1 is 1.18 bits per heavy atom. The molecule has 17 heavy (non-hydrogen) atoms. The minimum atomic E-state index is -0.0416. The smallest absolute Gasteiger partial charge is 0.305 e. The molecule has 0 aliphatic heterocycles. The molecule has 3 heteroatoms. The summed E-state index contributed by atoms with van der Waals surface area (Å²) in [5.41, 5.74) is 0. The van der Waals surface area contributed by atoms with E-state index in [1.54, 1.807) is 0 Å². The van der Waals surface area contributed by atoms with E-state index in [4.69, 9.17) is 4.74 Å². The van der Waals surface area contributed by atoms with Gasteiger partial charge in [0.15, 0.2) is 0 Å². The summed E-state index contributed by atoms with van der Waals surface area (Å²) in [6, 6.07) is 0.875. The molecular formula is C14H27NO2. The molecule has 0 atom stereocenters. The third-order valence-electron chi connectivity index (χ3n) is 3.21. The molecule has 1 fully saturated rings. The van der Waals surface area contributed by atoms with Crippen molar-refractivity contribution in [2.45, 2.75) is 64.8 Å². The van der Waals surface area contributed by atoms with Crippen LogP contribution in [0.15, 0.2) is 0 Å². The number of carbonyl (C=O) groups excluding carboxylic acids is 1. The van der Waals surface area contributed by atoms with E-state index in [0.29, 0.717) is 13.0 Å². The molecule has 0 saturated heterocycles. The molecule has 1 rings (SSSR count). The lowest BCUT2D eigenvalue weighted by atomic mass is 10.2. The fourth-order valence-corrected chi connectivity index (χ4v) is 2.20. The van der Waals surface area contributed by atoms with Gasteiger partial charge in [0.2, 0.25) is 0 Å². The van der Waals surface area contributed by atoms with Crippen LogP contribution in [-0.4, -0.2) is 36.6 Å². The van der Waals surface area contributed by atoms with Crippen LogP contribution in [0.3, 0.4) is 0 Å². The fourth-order valence-electron chi connectivity index (χ4n) is 2.20. The van der Waals surface area contributed by atoms with Crippen molar-refractivity contribution in [3.63, 3.8) is 0 Å². The Hall–Kier alpha value is -0.570. The summed E-state index contributed by atoms with van der Waals surface area (Å²) >= 11 is 0. The molecule has 0 amide bonds. The number of nitrogens with zero attached hydrogens (tertiary/aromatic N) is 1. The van der Waals surface area contributed by atoms with Crippen LogP contribution in [0.2, 0.25) is 0 Å².